The van der Waals surface area contributed by atoms with E-state index >= 15 is 0 Å². The fourth-order valence-corrected chi connectivity index (χ4v) is 3.59. The number of hydrogen-bond donors (Lipinski definition) is 2. The predicted octanol–water partition coefficient (Wildman–Crippen LogP) is 1.89. The van der Waals surface area contributed by atoms with Gasteiger partial charge in [-0.05, 0) is 39.6 Å². The van der Waals surface area contributed by atoms with E-state index in [9.17, 15) is 10.0 Å². The maximum absolute atomic E-state index is 9.51. The molecule has 0 aliphatic rings. The number of benzene rings is 2. The molecular weight excluding hydrogens is 267 g/mol. The van der Waals surface area contributed by atoms with E-state index in [2.05, 4.69) is 32.4 Å². The van der Waals surface area contributed by atoms with Gasteiger partial charge in [0, 0.05) is 5.92 Å². The summed E-state index contributed by atoms with van der Waals surface area (Å²) in [7, 11) is -1.07. The minimum Gasteiger partial charge on any atom is -0.423 e. The highest BCUT2D eigenvalue weighted by atomic mass is 32.2. The van der Waals surface area contributed by atoms with Crippen molar-refractivity contribution in [2.24, 2.45) is 0 Å². The fraction of sp³-hybridized carbons (Fsp3) is 0.375. The van der Waals surface area contributed by atoms with Crippen LogP contribution < -0.4 is 5.46 Å². The minimum absolute atomic E-state index is 0.353. The van der Waals surface area contributed by atoms with Crippen LogP contribution in [0.1, 0.15) is 25.3 Å². The maximum atomic E-state index is 9.51. The molecule has 4 heteroatoms. The first kappa shape index (κ1) is 15.4. The molecule has 0 aliphatic heterocycles. The summed E-state index contributed by atoms with van der Waals surface area (Å²) in [6, 6.07) is 11.9. The van der Waals surface area contributed by atoms with Gasteiger partial charge in [0.05, 0.1) is 12.5 Å². The Balaban J connectivity index is 2.59. The van der Waals surface area contributed by atoms with Crippen LogP contribution in [0, 0.1) is 0 Å². The Labute approximate surface area is 124 Å². The summed E-state index contributed by atoms with van der Waals surface area (Å²) in [6.45, 7) is 4.55. The Morgan fingerprint density at radius 1 is 0.950 bits per heavy atom. The first-order valence-electron chi connectivity index (χ1n) is 6.87. The molecule has 1 unspecified atom stereocenters. The van der Waals surface area contributed by atoms with Crippen LogP contribution in [-0.4, -0.2) is 34.9 Å². The normalized spacial score (nSPS) is 14.6. The van der Waals surface area contributed by atoms with Crippen molar-refractivity contribution < 1.29 is 10.0 Å². The summed E-state index contributed by atoms with van der Waals surface area (Å²) in [5, 5.41) is 21.7. The SMILES string of the molecule is CC([C@@H](C)c1ccc(B(O)O)c2ccccc12)[S+](C)C. The molecule has 2 aromatic carbocycles. The lowest BCUT2D eigenvalue weighted by molar-refractivity contribution is 0.426. The van der Waals surface area contributed by atoms with Crippen LogP contribution in [0.3, 0.4) is 0 Å². The van der Waals surface area contributed by atoms with E-state index in [-0.39, 0.29) is 0 Å². The molecule has 2 rings (SSSR count). The Bertz CT molecular complexity index is 598. The van der Waals surface area contributed by atoms with Crippen LogP contribution in [0.2, 0.25) is 0 Å². The van der Waals surface area contributed by atoms with Gasteiger partial charge in [0.15, 0.2) is 0 Å². The lowest BCUT2D eigenvalue weighted by Crippen LogP contribution is -2.31. The zero-order valence-electron chi connectivity index (χ0n) is 12.5. The summed E-state index contributed by atoms with van der Waals surface area (Å²) in [5.74, 6) is 0.447. The number of rotatable bonds is 4. The molecule has 0 amide bonds. The smallest absolute Gasteiger partial charge is 0.423 e. The predicted molar refractivity (Wildman–Crippen MR) is 90.9 cm³/mol. The second-order valence-corrected chi connectivity index (χ2v) is 8.04. The van der Waals surface area contributed by atoms with Gasteiger partial charge in [-0.1, -0.05) is 43.3 Å². The van der Waals surface area contributed by atoms with Gasteiger partial charge in [-0.15, -0.1) is 0 Å². The number of fused-ring (bicyclic) bond motifs is 1. The van der Waals surface area contributed by atoms with Crippen LogP contribution in [0.25, 0.3) is 10.8 Å². The van der Waals surface area contributed by atoms with Gasteiger partial charge in [0.25, 0.3) is 0 Å². The van der Waals surface area contributed by atoms with Crippen molar-refractivity contribution in [3.8, 4) is 0 Å². The Hall–Kier alpha value is -0.965. The third-order valence-corrected chi connectivity index (χ3v) is 6.10. The highest BCUT2D eigenvalue weighted by Crippen LogP contribution is 2.29. The van der Waals surface area contributed by atoms with E-state index in [4.69, 9.17) is 0 Å². The third-order valence-electron chi connectivity index (χ3n) is 4.21. The summed E-state index contributed by atoms with van der Waals surface area (Å²) in [6.07, 6.45) is 4.55. The van der Waals surface area contributed by atoms with Crippen LogP contribution in [0.5, 0.6) is 0 Å². The summed E-state index contributed by atoms with van der Waals surface area (Å²) >= 11 is 0. The van der Waals surface area contributed by atoms with Crippen molar-refractivity contribution in [3.05, 3.63) is 42.0 Å². The van der Waals surface area contributed by atoms with Gasteiger partial charge < -0.3 is 10.0 Å². The molecule has 0 fully saturated rings. The average molecular weight is 289 g/mol. The first-order valence-corrected chi connectivity index (χ1v) is 8.98. The van der Waals surface area contributed by atoms with E-state index in [1.54, 1.807) is 0 Å². The molecule has 20 heavy (non-hydrogen) atoms. The molecule has 0 aromatic heterocycles. The molecule has 106 valence electrons. The van der Waals surface area contributed by atoms with Gasteiger partial charge in [0.2, 0.25) is 0 Å². The molecule has 2 atom stereocenters. The molecule has 0 heterocycles. The van der Waals surface area contributed by atoms with Crippen LogP contribution in [0.4, 0.5) is 0 Å². The van der Waals surface area contributed by atoms with Crippen molar-refractivity contribution in [2.75, 3.05) is 12.5 Å². The topological polar surface area (TPSA) is 40.5 Å². The Morgan fingerprint density at radius 2 is 1.55 bits per heavy atom. The van der Waals surface area contributed by atoms with Gasteiger partial charge in [-0.25, -0.2) is 0 Å². The number of hydrogen-bond acceptors (Lipinski definition) is 2. The monoisotopic (exact) mass is 289 g/mol. The summed E-state index contributed by atoms with van der Waals surface area (Å²) in [4.78, 5) is 0. The first-order chi connectivity index (χ1) is 9.43. The molecule has 0 aliphatic carbocycles. The molecule has 2 nitrogen and oxygen atoms in total. The molecule has 0 saturated heterocycles. The van der Waals surface area contributed by atoms with Gasteiger partial charge >= 0.3 is 7.12 Å². The Morgan fingerprint density at radius 3 is 2.10 bits per heavy atom. The van der Waals surface area contributed by atoms with E-state index in [0.29, 0.717) is 27.5 Å². The molecule has 0 saturated carbocycles. The molecular formula is C16H22BO2S+. The van der Waals surface area contributed by atoms with Gasteiger partial charge in [-0.3, -0.25) is 0 Å². The Kier molecular flexibility index (Phi) is 4.79. The van der Waals surface area contributed by atoms with E-state index in [0.717, 1.165) is 10.8 Å². The van der Waals surface area contributed by atoms with Crippen molar-refractivity contribution in [1.29, 1.82) is 0 Å². The molecule has 2 N–H and O–H groups in total. The minimum atomic E-state index is -1.42. The largest absolute Gasteiger partial charge is 0.489 e. The highest BCUT2D eigenvalue weighted by Gasteiger charge is 2.26. The maximum Gasteiger partial charge on any atom is 0.489 e. The van der Waals surface area contributed by atoms with Gasteiger partial charge in [0.1, 0.15) is 5.25 Å². The van der Waals surface area contributed by atoms with Gasteiger partial charge in [-0.2, -0.15) is 0 Å². The second kappa shape index (κ2) is 6.21. The zero-order chi connectivity index (χ0) is 14.9. The van der Waals surface area contributed by atoms with Crippen LogP contribution >= 0.6 is 0 Å². The summed E-state index contributed by atoms with van der Waals surface area (Å²) < 4.78 is 0. The molecule has 2 aromatic rings. The quantitative estimate of drug-likeness (QED) is 0.666. The molecule has 0 radical (unpaired) electrons. The van der Waals surface area contributed by atoms with E-state index in [1.807, 2.05) is 30.3 Å². The lowest BCUT2D eigenvalue weighted by atomic mass is 9.75. The zero-order valence-corrected chi connectivity index (χ0v) is 13.3. The molecule has 0 bridgehead atoms. The lowest BCUT2D eigenvalue weighted by Gasteiger charge is -2.20. The average Bonchev–Trinajstić information content (AvgIpc) is 2.44. The van der Waals surface area contributed by atoms with Crippen molar-refractivity contribution >= 4 is 34.2 Å². The van der Waals surface area contributed by atoms with Crippen molar-refractivity contribution in [3.63, 3.8) is 0 Å². The second-order valence-electron chi connectivity index (χ2n) is 5.54. The van der Waals surface area contributed by atoms with Crippen LogP contribution in [0.15, 0.2) is 36.4 Å². The third kappa shape index (κ3) is 2.87. The molecule has 0 spiro atoms. The highest BCUT2D eigenvalue weighted by molar-refractivity contribution is 7.96. The van der Waals surface area contributed by atoms with E-state index < -0.39 is 7.12 Å². The summed E-state index contributed by atoms with van der Waals surface area (Å²) in [5.41, 5.74) is 1.87. The standard InChI is InChI=1S/C16H22BO2S/c1-11(12(2)20(3)4)13-9-10-16(17(18)19)15-8-6-5-7-14(13)15/h5-12,18-19H,1-4H3/q+1/t11-,12?/m1/s1. The van der Waals surface area contributed by atoms with Crippen molar-refractivity contribution in [2.45, 2.75) is 25.0 Å². The van der Waals surface area contributed by atoms with E-state index in [1.165, 1.54) is 5.56 Å². The van der Waals surface area contributed by atoms with Crippen molar-refractivity contribution in [1.82, 2.24) is 0 Å². The van der Waals surface area contributed by atoms with Crippen LogP contribution in [-0.2, 0) is 10.9 Å². The fourth-order valence-electron chi connectivity index (χ4n) is 2.63.